The third-order valence-electron chi connectivity index (χ3n) is 4.77. The maximum Gasteiger partial charge on any atom is 0.191 e. The predicted octanol–water partition coefficient (Wildman–Crippen LogP) is 3.03. The van der Waals surface area contributed by atoms with Crippen LogP contribution in [-0.2, 0) is 0 Å². The quantitative estimate of drug-likeness (QED) is 0.315. The number of para-hydroxylation sites is 1. The van der Waals surface area contributed by atoms with Crippen LogP contribution in [0.1, 0.15) is 37.2 Å². The molecule has 1 aliphatic heterocycles. The zero-order valence-corrected chi connectivity index (χ0v) is 18.9. The number of piperidine rings is 1. The standard InChI is InChI=1S/C21H27N5O2.HI/c1-2-23-21(24-14-19(27)20-10-6-12-28-20)25-17-8-5-11-26(15-17)18-9-4-3-7-16(18)13-22;/h3-4,6-7,9-10,12,17,19,27H,2,5,8,11,14-15H2,1H3,(H2,23,24,25);1H. The maximum atomic E-state index is 10.2. The average Bonchev–Trinajstić information content (AvgIpc) is 3.27. The van der Waals surface area contributed by atoms with E-state index in [0.717, 1.165) is 38.2 Å². The second-order valence-corrected chi connectivity index (χ2v) is 6.81. The van der Waals surface area contributed by atoms with E-state index in [1.807, 2.05) is 31.2 Å². The van der Waals surface area contributed by atoms with E-state index in [4.69, 9.17) is 4.42 Å². The van der Waals surface area contributed by atoms with Crippen LogP contribution in [0.5, 0.6) is 0 Å². The molecular weight excluding hydrogens is 481 g/mol. The van der Waals surface area contributed by atoms with Gasteiger partial charge in [0, 0.05) is 25.7 Å². The van der Waals surface area contributed by atoms with E-state index < -0.39 is 6.10 Å². The third-order valence-corrected chi connectivity index (χ3v) is 4.77. The molecule has 2 heterocycles. The van der Waals surface area contributed by atoms with Gasteiger partial charge in [0.15, 0.2) is 5.96 Å². The van der Waals surface area contributed by atoms with Crippen molar-refractivity contribution in [3.8, 4) is 6.07 Å². The fourth-order valence-corrected chi connectivity index (χ4v) is 3.42. The highest BCUT2D eigenvalue weighted by atomic mass is 127. The second-order valence-electron chi connectivity index (χ2n) is 6.81. The molecule has 0 radical (unpaired) electrons. The van der Waals surface area contributed by atoms with Crippen molar-refractivity contribution in [3.05, 3.63) is 54.0 Å². The summed E-state index contributed by atoms with van der Waals surface area (Å²) >= 11 is 0. The smallest absolute Gasteiger partial charge is 0.191 e. The first-order valence-corrected chi connectivity index (χ1v) is 9.71. The number of aliphatic hydroxyl groups excluding tert-OH is 1. The van der Waals surface area contributed by atoms with Crippen molar-refractivity contribution in [1.82, 2.24) is 10.6 Å². The summed E-state index contributed by atoms with van der Waals surface area (Å²) in [6, 6.07) is 13.7. The van der Waals surface area contributed by atoms with Crippen molar-refractivity contribution in [3.63, 3.8) is 0 Å². The van der Waals surface area contributed by atoms with Gasteiger partial charge in [-0.1, -0.05) is 12.1 Å². The van der Waals surface area contributed by atoms with Gasteiger partial charge in [-0.3, -0.25) is 4.99 Å². The fraction of sp³-hybridized carbons (Fsp3) is 0.429. The number of anilines is 1. The van der Waals surface area contributed by atoms with E-state index in [9.17, 15) is 10.4 Å². The molecule has 1 aromatic carbocycles. The largest absolute Gasteiger partial charge is 0.467 e. The van der Waals surface area contributed by atoms with E-state index in [0.29, 0.717) is 17.3 Å². The Labute approximate surface area is 188 Å². The Morgan fingerprint density at radius 2 is 2.21 bits per heavy atom. The minimum Gasteiger partial charge on any atom is -0.467 e. The summed E-state index contributed by atoms with van der Waals surface area (Å²) in [5.74, 6) is 1.19. The number of nitrogens with zero attached hydrogens (tertiary/aromatic N) is 3. The van der Waals surface area contributed by atoms with Gasteiger partial charge in [-0.15, -0.1) is 24.0 Å². The molecule has 29 heavy (non-hydrogen) atoms. The number of hydrogen-bond donors (Lipinski definition) is 3. The van der Waals surface area contributed by atoms with Gasteiger partial charge in [0.2, 0.25) is 0 Å². The molecular formula is C21H28IN5O2. The van der Waals surface area contributed by atoms with Crippen molar-refractivity contribution in [2.75, 3.05) is 31.1 Å². The van der Waals surface area contributed by atoms with Gasteiger partial charge in [0.05, 0.1) is 24.1 Å². The lowest BCUT2D eigenvalue weighted by molar-refractivity contribution is 0.158. The minimum atomic E-state index is -0.768. The Balaban J connectivity index is 0.00000300. The first-order valence-electron chi connectivity index (χ1n) is 9.71. The lowest BCUT2D eigenvalue weighted by Crippen LogP contribution is -2.51. The number of hydrogen-bond acceptors (Lipinski definition) is 5. The van der Waals surface area contributed by atoms with Crippen molar-refractivity contribution in [2.45, 2.75) is 31.9 Å². The highest BCUT2D eigenvalue weighted by Gasteiger charge is 2.22. The van der Waals surface area contributed by atoms with E-state index in [-0.39, 0.29) is 36.6 Å². The van der Waals surface area contributed by atoms with Crippen LogP contribution in [0.3, 0.4) is 0 Å². The van der Waals surface area contributed by atoms with Crippen LogP contribution in [0, 0.1) is 11.3 Å². The molecule has 8 heteroatoms. The molecule has 0 bridgehead atoms. The van der Waals surface area contributed by atoms with Crippen molar-refractivity contribution in [1.29, 1.82) is 5.26 Å². The second kappa shape index (κ2) is 11.7. The lowest BCUT2D eigenvalue weighted by Gasteiger charge is -2.35. The topological polar surface area (TPSA) is 96.8 Å². The number of aliphatic hydroxyl groups is 1. The third kappa shape index (κ3) is 6.37. The first kappa shape index (κ1) is 23.0. The molecule has 7 nitrogen and oxygen atoms in total. The zero-order valence-electron chi connectivity index (χ0n) is 16.5. The highest BCUT2D eigenvalue weighted by Crippen LogP contribution is 2.23. The molecule has 3 N–H and O–H groups in total. The molecule has 0 spiro atoms. The Morgan fingerprint density at radius 1 is 1.38 bits per heavy atom. The molecule has 3 rings (SSSR count). The lowest BCUT2D eigenvalue weighted by atomic mass is 10.0. The number of furan rings is 1. The van der Waals surface area contributed by atoms with Crippen molar-refractivity contribution in [2.24, 2.45) is 4.99 Å². The van der Waals surface area contributed by atoms with Crippen LogP contribution in [0.2, 0.25) is 0 Å². The summed E-state index contributed by atoms with van der Waals surface area (Å²) in [6.07, 6.45) is 2.83. The minimum absolute atomic E-state index is 0. The average molecular weight is 509 g/mol. The Hall–Kier alpha value is -2.25. The van der Waals surface area contributed by atoms with Crippen molar-refractivity contribution < 1.29 is 9.52 Å². The summed E-state index contributed by atoms with van der Waals surface area (Å²) in [6.45, 7) is 4.69. The van der Waals surface area contributed by atoms with Crippen molar-refractivity contribution >= 4 is 35.6 Å². The first-order chi connectivity index (χ1) is 13.7. The number of halogens is 1. The summed E-state index contributed by atoms with van der Waals surface area (Å²) in [5, 5.41) is 26.3. The molecule has 1 fully saturated rings. The number of nitrogens with one attached hydrogen (secondary N) is 2. The number of aliphatic imine (C=N–C) groups is 1. The molecule has 2 atom stereocenters. The maximum absolute atomic E-state index is 10.2. The molecule has 2 unspecified atom stereocenters. The zero-order chi connectivity index (χ0) is 19.8. The normalized spacial score (nSPS) is 17.8. The summed E-state index contributed by atoms with van der Waals surface area (Å²) < 4.78 is 5.23. The molecule has 2 aromatic rings. The Morgan fingerprint density at radius 3 is 2.93 bits per heavy atom. The molecule has 1 saturated heterocycles. The fourth-order valence-electron chi connectivity index (χ4n) is 3.42. The van der Waals surface area contributed by atoms with E-state index in [2.05, 4.69) is 26.6 Å². The summed E-state index contributed by atoms with van der Waals surface area (Å²) in [7, 11) is 0. The van der Waals surface area contributed by atoms with Gasteiger partial charge in [-0.2, -0.15) is 5.26 Å². The van der Waals surface area contributed by atoms with E-state index in [1.165, 1.54) is 0 Å². The van der Waals surface area contributed by atoms with Gasteiger partial charge >= 0.3 is 0 Å². The van der Waals surface area contributed by atoms with Gasteiger partial charge in [-0.05, 0) is 44.0 Å². The SMILES string of the molecule is CCNC(=NCC(O)c1ccco1)NC1CCCN(c2ccccc2C#N)C1.I. The van der Waals surface area contributed by atoms with Crippen LogP contribution in [-0.4, -0.2) is 43.3 Å². The van der Waals surface area contributed by atoms with Crippen LogP contribution in [0.25, 0.3) is 0 Å². The summed E-state index contributed by atoms with van der Waals surface area (Å²) in [4.78, 5) is 6.76. The molecule has 156 valence electrons. The monoisotopic (exact) mass is 509 g/mol. The number of benzene rings is 1. The highest BCUT2D eigenvalue weighted by molar-refractivity contribution is 14.0. The molecule has 0 saturated carbocycles. The van der Waals surface area contributed by atoms with E-state index in [1.54, 1.807) is 18.4 Å². The Kier molecular flexibility index (Phi) is 9.28. The van der Waals surface area contributed by atoms with Gasteiger partial charge in [0.1, 0.15) is 17.9 Å². The molecule has 1 aromatic heterocycles. The Bertz CT molecular complexity index is 819. The number of rotatable bonds is 6. The van der Waals surface area contributed by atoms with Gasteiger partial charge in [-0.25, -0.2) is 0 Å². The van der Waals surface area contributed by atoms with Crippen LogP contribution in [0.15, 0.2) is 52.1 Å². The van der Waals surface area contributed by atoms with Crippen LogP contribution < -0.4 is 15.5 Å². The van der Waals surface area contributed by atoms with E-state index >= 15 is 0 Å². The molecule has 0 amide bonds. The molecule has 0 aliphatic carbocycles. The number of guanidine groups is 1. The van der Waals surface area contributed by atoms with Gasteiger partial charge < -0.3 is 25.1 Å². The van der Waals surface area contributed by atoms with Crippen LogP contribution in [0.4, 0.5) is 5.69 Å². The summed E-state index contributed by atoms with van der Waals surface area (Å²) in [5.41, 5.74) is 1.68. The predicted molar refractivity (Wildman–Crippen MR) is 125 cm³/mol. The molecule has 1 aliphatic rings. The van der Waals surface area contributed by atoms with Crippen LogP contribution >= 0.6 is 24.0 Å². The van der Waals surface area contributed by atoms with Gasteiger partial charge in [0.25, 0.3) is 0 Å². The number of nitriles is 1.